The molecule has 1 aromatic rings. The second kappa shape index (κ2) is 5.40. The molecule has 0 spiro atoms. The van der Waals surface area contributed by atoms with Gasteiger partial charge in [0.1, 0.15) is 6.10 Å². The van der Waals surface area contributed by atoms with E-state index in [4.69, 9.17) is 10.5 Å². The van der Waals surface area contributed by atoms with Crippen molar-refractivity contribution in [3.8, 4) is 0 Å². The predicted molar refractivity (Wildman–Crippen MR) is 73.7 cm³/mol. The van der Waals surface area contributed by atoms with Crippen LogP contribution in [0.4, 0.5) is 0 Å². The molecule has 2 N–H and O–H groups in total. The van der Waals surface area contributed by atoms with Gasteiger partial charge in [0.15, 0.2) is 5.96 Å². The molecule has 0 bridgehead atoms. The summed E-state index contributed by atoms with van der Waals surface area (Å²) in [7, 11) is 1.72. The summed E-state index contributed by atoms with van der Waals surface area (Å²) in [5.41, 5.74) is 9.66. The van der Waals surface area contributed by atoms with Crippen LogP contribution in [0.5, 0.6) is 0 Å². The summed E-state index contributed by atoms with van der Waals surface area (Å²) in [5.74, 6) is 0.591. The molecule has 1 aliphatic rings. The lowest BCUT2D eigenvalue weighted by Gasteiger charge is -2.34. The molecule has 1 atom stereocenters. The van der Waals surface area contributed by atoms with Crippen molar-refractivity contribution < 1.29 is 4.74 Å². The molecule has 98 valence electrons. The van der Waals surface area contributed by atoms with E-state index >= 15 is 0 Å². The van der Waals surface area contributed by atoms with Crippen LogP contribution >= 0.6 is 0 Å². The lowest BCUT2D eigenvalue weighted by molar-refractivity contribution is -0.00763. The Balaban J connectivity index is 2.18. The Kier molecular flexibility index (Phi) is 3.87. The fourth-order valence-corrected chi connectivity index (χ4v) is 2.37. The van der Waals surface area contributed by atoms with Crippen molar-refractivity contribution in [3.05, 3.63) is 34.9 Å². The third-order valence-corrected chi connectivity index (χ3v) is 3.39. The third kappa shape index (κ3) is 2.64. The maximum atomic E-state index is 5.87. The minimum atomic E-state index is 0.0830. The van der Waals surface area contributed by atoms with Gasteiger partial charge < -0.3 is 15.4 Å². The molecule has 1 unspecified atom stereocenters. The fraction of sp³-hybridized carbons (Fsp3) is 0.500. The van der Waals surface area contributed by atoms with Crippen LogP contribution in [-0.2, 0) is 4.74 Å². The van der Waals surface area contributed by atoms with Crippen LogP contribution in [0.1, 0.15) is 22.8 Å². The first-order chi connectivity index (χ1) is 8.61. The van der Waals surface area contributed by atoms with Crippen molar-refractivity contribution in [3.63, 3.8) is 0 Å². The van der Waals surface area contributed by atoms with Gasteiger partial charge in [0.05, 0.1) is 13.2 Å². The minimum Gasteiger partial charge on any atom is -0.370 e. The topological polar surface area (TPSA) is 50.8 Å². The molecule has 4 nitrogen and oxygen atoms in total. The van der Waals surface area contributed by atoms with E-state index in [0.717, 1.165) is 13.1 Å². The van der Waals surface area contributed by atoms with E-state index in [1.54, 1.807) is 7.05 Å². The zero-order valence-electron chi connectivity index (χ0n) is 11.3. The number of ether oxygens (including phenoxy) is 1. The monoisotopic (exact) mass is 247 g/mol. The maximum Gasteiger partial charge on any atom is 0.191 e. The summed E-state index contributed by atoms with van der Waals surface area (Å²) in [5, 5.41) is 0. The molecule has 1 aliphatic heterocycles. The first-order valence-electron chi connectivity index (χ1n) is 6.27. The lowest BCUT2D eigenvalue weighted by atomic mass is 10.00. The molecular weight excluding hydrogens is 226 g/mol. The smallest absolute Gasteiger partial charge is 0.191 e. The molecule has 1 aromatic carbocycles. The minimum absolute atomic E-state index is 0.0830. The summed E-state index contributed by atoms with van der Waals surface area (Å²) >= 11 is 0. The Morgan fingerprint density at radius 3 is 2.89 bits per heavy atom. The second-order valence-corrected chi connectivity index (χ2v) is 4.75. The molecule has 0 aliphatic carbocycles. The Bertz CT molecular complexity index is 456. The highest BCUT2D eigenvalue weighted by Gasteiger charge is 2.24. The van der Waals surface area contributed by atoms with Crippen LogP contribution in [0, 0.1) is 13.8 Å². The molecule has 1 fully saturated rings. The van der Waals surface area contributed by atoms with Crippen molar-refractivity contribution in [1.82, 2.24) is 4.90 Å². The normalized spacial score (nSPS) is 21.2. The molecule has 0 saturated carbocycles. The highest BCUT2D eigenvalue weighted by atomic mass is 16.5. The summed E-state index contributed by atoms with van der Waals surface area (Å²) < 4.78 is 5.86. The van der Waals surface area contributed by atoms with Crippen molar-refractivity contribution in [1.29, 1.82) is 0 Å². The molecule has 4 heteroatoms. The lowest BCUT2D eigenvalue weighted by Crippen LogP contribution is -2.46. The Hall–Kier alpha value is -1.55. The number of guanidine groups is 1. The number of hydrogen-bond donors (Lipinski definition) is 1. The molecule has 2 rings (SSSR count). The van der Waals surface area contributed by atoms with E-state index in [1.165, 1.54) is 16.7 Å². The van der Waals surface area contributed by atoms with Crippen LogP contribution in [-0.4, -0.2) is 37.6 Å². The van der Waals surface area contributed by atoms with Crippen molar-refractivity contribution in [2.45, 2.75) is 20.0 Å². The van der Waals surface area contributed by atoms with Gasteiger partial charge in [0, 0.05) is 13.6 Å². The molecule has 1 heterocycles. The highest BCUT2D eigenvalue weighted by molar-refractivity contribution is 5.78. The summed E-state index contributed by atoms with van der Waals surface area (Å²) in [6.45, 7) is 6.50. The van der Waals surface area contributed by atoms with Crippen LogP contribution in [0.25, 0.3) is 0 Å². The standard InChI is InChI=1S/C14H21N3O/c1-10-4-5-12(11(2)8-10)13-9-17(6-7-18-13)14(15)16-3/h4-5,8,13H,6-7,9H2,1-3H3,(H2,15,16). The number of morpholine rings is 1. The molecule has 1 saturated heterocycles. The second-order valence-electron chi connectivity index (χ2n) is 4.75. The number of nitrogens with two attached hydrogens (primary N) is 1. The van der Waals surface area contributed by atoms with E-state index in [1.807, 2.05) is 0 Å². The van der Waals surface area contributed by atoms with E-state index in [-0.39, 0.29) is 6.10 Å². The zero-order valence-corrected chi connectivity index (χ0v) is 11.3. The summed E-state index contributed by atoms with van der Waals surface area (Å²) in [6.07, 6.45) is 0.0830. The van der Waals surface area contributed by atoms with Crippen LogP contribution < -0.4 is 5.73 Å². The molecule has 18 heavy (non-hydrogen) atoms. The van der Waals surface area contributed by atoms with Crippen LogP contribution in [0.3, 0.4) is 0 Å². The largest absolute Gasteiger partial charge is 0.370 e. The van der Waals surface area contributed by atoms with Crippen molar-refractivity contribution in [2.24, 2.45) is 10.7 Å². The Morgan fingerprint density at radius 1 is 1.44 bits per heavy atom. The molecule has 0 aromatic heterocycles. The molecular formula is C14H21N3O. The number of nitrogens with zero attached hydrogens (tertiary/aromatic N) is 2. The van der Waals surface area contributed by atoms with Crippen LogP contribution in [0.2, 0.25) is 0 Å². The summed E-state index contributed by atoms with van der Waals surface area (Å²) in [4.78, 5) is 6.12. The van der Waals surface area contributed by atoms with Gasteiger partial charge in [-0.1, -0.05) is 23.8 Å². The predicted octanol–water partition coefficient (Wildman–Crippen LogP) is 1.62. The summed E-state index contributed by atoms with van der Waals surface area (Å²) in [6, 6.07) is 6.47. The van der Waals surface area contributed by atoms with Gasteiger partial charge in [-0.2, -0.15) is 0 Å². The SMILES string of the molecule is CN=C(N)N1CCOC(c2ccc(C)cc2C)C1. The third-order valence-electron chi connectivity index (χ3n) is 3.39. The number of hydrogen-bond acceptors (Lipinski definition) is 2. The maximum absolute atomic E-state index is 5.87. The van der Waals surface area contributed by atoms with Gasteiger partial charge in [-0.05, 0) is 25.0 Å². The van der Waals surface area contributed by atoms with Crippen molar-refractivity contribution in [2.75, 3.05) is 26.7 Å². The van der Waals surface area contributed by atoms with E-state index in [9.17, 15) is 0 Å². The van der Waals surface area contributed by atoms with Crippen LogP contribution in [0.15, 0.2) is 23.2 Å². The van der Waals surface area contributed by atoms with E-state index in [0.29, 0.717) is 12.6 Å². The fourth-order valence-electron chi connectivity index (χ4n) is 2.37. The first-order valence-corrected chi connectivity index (χ1v) is 6.27. The number of rotatable bonds is 1. The average molecular weight is 247 g/mol. The van der Waals surface area contributed by atoms with Gasteiger partial charge in [-0.3, -0.25) is 4.99 Å². The molecule has 0 radical (unpaired) electrons. The van der Waals surface area contributed by atoms with Gasteiger partial charge in [-0.25, -0.2) is 0 Å². The van der Waals surface area contributed by atoms with Gasteiger partial charge in [-0.15, -0.1) is 0 Å². The van der Waals surface area contributed by atoms with E-state index in [2.05, 4.69) is 41.9 Å². The van der Waals surface area contributed by atoms with E-state index < -0.39 is 0 Å². The average Bonchev–Trinajstić information content (AvgIpc) is 2.38. The number of aliphatic imine (C=N–C) groups is 1. The van der Waals surface area contributed by atoms with Gasteiger partial charge in [0.2, 0.25) is 0 Å². The number of aryl methyl sites for hydroxylation is 2. The van der Waals surface area contributed by atoms with Gasteiger partial charge in [0.25, 0.3) is 0 Å². The molecule has 0 amide bonds. The Morgan fingerprint density at radius 2 is 2.22 bits per heavy atom. The quantitative estimate of drug-likeness (QED) is 0.606. The first kappa shape index (κ1) is 12.9. The number of benzene rings is 1. The van der Waals surface area contributed by atoms with Crippen molar-refractivity contribution >= 4 is 5.96 Å². The Labute approximate surface area is 108 Å². The van der Waals surface area contributed by atoms with Gasteiger partial charge >= 0.3 is 0 Å². The zero-order chi connectivity index (χ0) is 13.1. The highest BCUT2D eigenvalue weighted by Crippen LogP contribution is 2.25.